The van der Waals surface area contributed by atoms with Crippen molar-refractivity contribution in [2.24, 2.45) is 5.10 Å². The SMILES string of the molecule is COc1ccc(/C(C)=N\NC(=O)COc2ccc(C)cc2)c(OC)c1. The third-order valence-electron chi connectivity index (χ3n) is 3.54. The number of methoxy groups -OCH3 is 2. The first-order chi connectivity index (χ1) is 12.0. The molecule has 6 heteroatoms. The highest BCUT2D eigenvalue weighted by Gasteiger charge is 2.09. The number of ether oxygens (including phenoxy) is 3. The Hall–Kier alpha value is -3.02. The Kier molecular flexibility index (Phi) is 6.39. The summed E-state index contributed by atoms with van der Waals surface area (Å²) in [4.78, 5) is 11.9. The van der Waals surface area contributed by atoms with E-state index >= 15 is 0 Å². The molecule has 0 bridgehead atoms. The Bertz CT molecular complexity index is 755. The molecular formula is C19H22N2O4. The number of aryl methyl sites for hydroxylation is 1. The van der Waals surface area contributed by atoms with Crippen molar-refractivity contribution in [3.05, 3.63) is 53.6 Å². The minimum atomic E-state index is -0.340. The molecule has 132 valence electrons. The van der Waals surface area contributed by atoms with Crippen molar-refractivity contribution in [2.75, 3.05) is 20.8 Å². The number of hydrazone groups is 1. The van der Waals surface area contributed by atoms with E-state index in [9.17, 15) is 4.79 Å². The van der Waals surface area contributed by atoms with Gasteiger partial charge in [-0.05, 0) is 38.1 Å². The summed E-state index contributed by atoms with van der Waals surface area (Å²) in [6, 6.07) is 12.9. The number of hydrogen-bond acceptors (Lipinski definition) is 5. The van der Waals surface area contributed by atoms with Crippen LogP contribution in [0.4, 0.5) is 0 Å². The van der Waals surface area contributed by atoms with Gasteiger partial charge < -0.3 is 14.2 Å². The smallest absolute Gasteiger partial charge is 0.277 e. The van der Waals surface area contributed by atoms with E-state index in [1.807, 2.05) is 37.3 Å². The van der Waals surface area contributed by atoms with E-state index in [1.54, 1.807) is 33.3 Å². The summed E-state index contributed by atoms with van der Waals surface area (Å²) in [6.45, 7) is 3.66. The first-order valence-electron chi connectivity index (χ1n) is 7.78. The van der Waals surface area contributed by atoms with Crippen LogP contribution in [0.5, 0.6) is 17.2 Å². The van der Waals surface area contributed by atoms with Crippen LogP contribution in [0.2, 0.25) is 0 Å². The molecule has 25 heavy (non-hydrogen) atoms. The number of amides is 1. The van der Waals surface area contributed by atoms with E-state index in [2.05, 4.69) is 10.5 Å². The molecule has 0 fully saturated rings. The Labute approximate surface area is 147 Å². The topological polar surface area (TPSA) is 69.2 Å². The Balaban J connectivity index is 1.96. The summed E-state index contributed by atoms with van der Waals surface area (Å²) in [5, 5.41) is 4.10. The summed E-state index contributed by atoms with van der Waals surface area (Å²) in [5.41, 5.74) is 4.99. The van der Waals surface area contributed by atoms with Crippen molar-refractivity contribution < 1.29 is 19.0 Å². The highest BCUT2D eigenvalue weighted by molar-refractivity contribution is 6.01. The zero-order chi connectivity index (χ0) is 18.2. The van der Waals surface area contributed by atoms with E-state index in [0.717, 1.165) is 11.1 Å². The highest BCUT2D eigenvalue weighted by Crippen LogP contribution is 2.25. The maximum absolute atomic E-state index is 11.9. The van der Waals surface area contributed by atoms with E-state index in [4.69, 9.17) is 14.2 Å². The number of rotatable bonds is 7. The summed E-state index contributed by atoms with van der Waals surface area (Å²) in [5.74, 6) is 1.60. The molecule has 0 aliphatic carbocycles. The number of hydrogen-bond donors (Lipinski definition) is 1. The third-order valence-corrected chi connectivity index (χ3v) is 3.54. The molecule has 2 aromatic carbocycles. The molecule has 2 aromatic rings. The Morgan fingerprint density at radius 3 is 2.36 bits per heavy atom. The van der Waals surface area contributed by atoms with Gasteiger partial charge in [-0.3, -0.25) is 4.79 Å². The highest BCUT2D eigenvalue weighted by atomic mass is 16.5. The molecule has 0 aliphatic heterocycles. The fourth-order valence-electron chi connectivity index (χ4n) is 2.12. The molecule has 0 heterocycles. The van der Waals surface area contributed by atoms with Gasteiger partial charge in [0.1, 0.15) is 17.2 Å². The van der Waals surface area contributed by atoms with Crippen molar-refractivity contribution in [1.29, 1.82) is 0 Å². The second-order valence-corrected chi connectivity index (χ2v) is 5.40. The summed E-state index contributed by atoms with van der Waals surface area (Å²) in [7, 11) is 3.16. The van der Waals surface area contributed by atoms with Crippen LogP contribution >= 0.6 is 0 Å². The summed E-state index contributed by atoms with van der Waals surface area (Å²) < 4.78 is 15.9. The van der Waals surface area contributed by atoms with Crippen LogP contribution in [0, 0.1) is 6.92 Å². The normalized spacial score (nSPS) is 11.0. The van der Waals surface area contributed by atoms with Gasteiger partial charge in [-0.15, -0.1) is 0 Å². The number of nitrogens with one attached hydrogen (secondary N) is 1. The molecule has 0 aromatic heterocycles. The van der Waals surface area contributed by atoms with Crippen molar-refractivity contribution in [3.8, 4) is 17.2 Å². The monoisotopic (exact) mass is 342 g/mol. The van der Waals surface area contributed by atoms with Gasteiger partial charge in [-0.25, -0.2) is 5.43 Å². The number of nitrogens with zero attached hydrogens (tertiary/aromatic N) is 1. The van der Waals surface area contributed by atoms with Crippen molar-refractivity contribution in [3.63, 3.8) is 0 Å². The molecule has 1 N–H and O–H groups in total. The second-order valence-electron chi connectivity index (χ2n) is 5.40. The molecule has 2 rings (SSSR count). The molecule has 0 saturated carbocycles. The van der Waals surface area contributed by atoms with Crippen LogP contribution < -0.4 is 19.6 Å². The molecule has 6 nitrogen and oxygen atoms in total. The lowest BCUT2D eigenvalue weighted by molar-refractivity contribution is -0.123. The lowest BCUT2D eigenvalue weighted by atomic mass is 10.1. The largest absolute Gasteiger partial charge is 0.497 e. The predicted octanol–water partition coefficient (Wildman–Crippen LogP) is 2.93. The van der Waals surface area contributed by atoms with Crippen LogP contribution in [0.1, 0.15) is 18.1 Å². The van der Waals surface area contributed by atoms with E-state index < -0.39 is 0 Å². The number of carbonyl (C=O) groups is 1. The zero-order valence-electron chi connectivity index (χ0n) is 14.8. The van der Waals surface area contributed by atoms with E-state index in [0.29, 0.717) is 23.0 Å². The summed E-state index contributed by atoms with van der Waals surface area (Å²) in [6.07, 6.45) is 0. The first kappa shape index (κ1) is 18.3. The molecule has 0 spiro atoms. The number of carbonyl (C=O) groups excluding carboxylic acids is 1. The van der Waals surface area contributed by atoms with Crippen molar-refractivity contribution in [1.82, 2.24) is 5.43 Å². The fourth-order valence-corrected chi connectivity index (χ4v) is 2.12. The van der Waals surface area contributed by atoms with Gasteiger partial charge in [-0.2, -0.15) is 5.10 Å². The standard InChI is InChI=1S/C19H22N2O4/c1-13-5-7-15(8-6-13)25-12-19(22)21-20-14(2)17-10-9-16(23-3)11-18(17)24-4/h5-11H,12H2,1-4H3,(H,21,22)/b20-14-. The zero-order valence-corrected chi connectivity index (χ0v) is 14.8. The van der Waals surface area contributed by atoms with Gasteiger partial charge in [0.05, 0.1) is 19.9 Å². The molecule has 0 radical (unpaired) electrons. The Morgan fingerprint density at radius 2 is 1.72 bits per heavy atom. The van der Waals surface area contributed by atoms with E-state index in [-0.39, 0.29) is 12.5 Å². The molecule has 0 unspecified atom stereocenters. The quantitative estimate of drug-likeness (QED) is 0.620. The minimum absolute atomic E-state index is 0.112. The number of benzene rings is 2. The fraction of sp³-hybridized carbons (Fsp3) is 0.263. The Morgan fingerprint density at radius 1 is 1.04 bits per heavy atom. The lowest BCUT2D eigenvalue weighted by Gasteiger charge is -2.10. The van der Waals surface area contributed by atoms with Gasteiger partial charge >= 0.3 is 0 Å². The molecule has 1 amide bonds. The predicted molar refractivity (Wildman–Crippen MR) is 96.6 cm³/mol. The van der Waals surface area contributed by atoms with Crippen molar-refractivity contribution in [2.45, 2.75) is 13.8 Å². The first-order valence-corrected chi connectivity index (χ1v) is 7.78. The van der Waals surface area contributed by atoms with Crippen LogP contribution in [0.15, 0.2) is 47.6 Å². The van der Waals surface area contributed by atoms with E-state index in [1.165, 1.54) is 0 Å². The van der Waals surface area contributed by atoms with Gasteiger partial charge in [0.25, 0.3) is 5.91 Å². The second kappa shape index (κ2) is 8.73. The molecular weight excluding hydrogens is 320 g/mol. The van der Waals surface area contributed by atoms with Gasteiger partial charge in [-0.1, -0.05) is 17.7 Å². The van der Waals surface area contributed by atoms with Gasteiger partial charge in [0.15, 0.2) is 6.61 Å². The van der Waals surface area contributed by atoms with Gasteiger partial charge in [0, 0.05) is 11.6 Å². The van der Waals surface area contributed by atoms with Crippen molar-refractivity contribution >= 4 is 11.6 Å². The van der Waals surface area contributed by atoms with Crippen LogP contribution in [0.25, 0.3) is 0 Å². The molecule has 0 aliphatic rings. The lowest BCUT2D eigenvalue weighted by Crippen LogP contribution is -2.25. The van der Waals surface area contributed by atoms with Crippen LogP contribution in [-0.4, -0.2) is 32.4 Å². The summed E-state index contributed by atoms with van der Waals surface area (Å²) >= 11 is 0. The molecule has 0 atom stereocenters. The maximum atomic E-state index is 11.9. The van der Waals surface area contributed by atoms with Crippen LogP contribution in [-0.2, 0) is 4.79 Å². The minimum Gasteiger partial charge on any atom is -0.497 e. The average molecular weight is 342 g/mol. The average Bonchev–Trinajstić information content (AvgIpc) is 2.65. The van der Waals surface area contributed by atoms with Gasteiger partial charge in [0.2, 0.25) is 0 Å². The van der Waals surface area contributed by atoms with Crippen LogP contribution in [0.3, 0.4) is 0 Å². The third kappa shape index (κ3) is 5.24. The maximum Gasteiger partial charge on any atom is 0.277 e. The molecule has 0 saturated heterocycles.